The van der Waals surface area contributed by atoms with E-state index in [1.54, 1.807) is 16.7 Å². The summed E-state index contributed by atoms with van der Waals surface area (Å²) in [6.45, 7) is 9.12. The predicted molar refractivity (Wildman–Crippen MR) is 139 cm³/mol. The van der Waals surface area contributed by atoms with Crippen LogP contribution in [0.4, 0.5) is 5.69 Å². The Kier molecular flexibility index (Phi) is 5.53. The molecule has 2 amide bonds. The largest absolute Gasteiger partial charge is 0.310 e. The maximum atomic E-state index is 14.4. The van der Waals surface area contributed by atoms with Crippen LogP contribution in [0.1, 0.15) is 46.5 Å². The normalized spacial score (nSPS) is 20.8. The minimum Gasteiger partial charge on any atom is -0.310 e. The van der Waals surface area contributed by atoms with Crippen molar-refractivity contribution in [2.75, 3.05) is 11.4 Å². The first-order valence-corrected chi connectivity index (χ1v) is 12.6. The number of aryl methyl sites for hydroxylation is 2. The lowest BCUT2D eigenvalue weighted by molar-refractivity contribution is -0.123. The smallest absolute Gasteiger partial charge is 0.268 e. The summed E-state index contributed by atoms with van der Waals surface area (Å²) in [6, 6.07) is 21.2. The van der Waals surface area contributed by atoms with E-state index >= 15 is 0 Å². The minimum atomic E-state index is -1.16. The van der Waals surface area contributed by atoms with Gasteiger partial charge in [-0.15, -0.1) is 11.8 Å². The number of carbonyl (C=O) groups excluding carboxylic acids is 2. The van der Waals surface area contributed by atoms with Crippen LogP contribution in [0, 0.1) is 13.8 Å². The molecular weight excluding hydrogens is 464 g/mol. The van der Waals surface area contributed by atoms with E-state index < -0.39 is 4.87 Å². The van der Waals surface area contributed by atoms with Crippen LogP contribution < -0.4 is 4.90 Å². The van der Waals surface area contributed by atoms with Crippen LogP contribution in [-0.4, -0.2) is 28.0 Å². The minimum absolute atomic E-state index is 0.0935. The molecule has 5 rings (SSSR count). The van der Waals surface area contributed by atoms with E-state index in [2.05, 4.69) is 26.8 Å². The highest BCUT2D eigenvalue weighted by molar-refractivity contribution is 8.02. The van der Waals surface area contributed by atoms with Crippen molar-refractivity contribution in [2.24, 2.45) is 0 Å². The number of hydrogen-bond acceptors (Lipinski definition) is 3. The Morgan fingerprint density at radius 3 is 2.44 bits per heavy atom. The fraction of sp³-hybridized carbons (Fsp3) is 0.286. The van der Waals surface area contributed by atoms with Crippen LogP contribution in [0.2, 0.25) is 5.02 Å². The SMILES string of the molecule is Cc1ccc(C(=O)N2CC(C)(C)S[C@]23C(=O)N(Cc2ccccc2C)c2ccc(Cl)cc23)cc1. The van der Waals surface area contributed by atoms with E-state index in [-0.39, 0.29) is 16.6 Å². The quantitative estimate of drug-likeness (QED) is 0.431. The summed E-state index contributed by atoms with van der Waals surface area (Å²) in [4.78, 5) is 30.7. The molecule has 0 aromatic heterocycles. The molecule has 1 spiro atoms. The first-order chi connectivity index (χ1) is 16.1. The number of thioether (sulfide) groups is 1. The molecule has 1 atom stereocenters. The molecule has 6 heteroatoms. The summed E-state index contributed by atoms with van der Waals surface area (Å²) in [7, 11) is 0. The fourth-order valence-corrected chi connectivity index (χ4v) is 6.84. The number of carbonyl (C=O) groups is 2. The Morgan fingerprint density at radius 1 is 1.03 bits per heavy atom. The Morgan fingerprint density at radius 2 is 1.74 bits per heavy atom. The van der Waals surface area contributed by atoms with E-state index in [1.807, 2.05) is 72.5 Å². The molecule has 174 valence electrons. The van der Waals surface area contributed by atoms with E-state index in [1.165, 1.54) is 0 Å². The molecule has 2 aliphatic rings. The van der Waals surface area contributed by atoms with Gasteiger partial charge < -0.3 is 9.80 Å². The fourth-order valence-electron chi connectivity index (χ4n) is 4.94. The number of halogens is 1. The summed E-state index contributed by atoms with van der Waals surface area (Å²) in [6.07, 6.45) is 0. The average Bonchev–Trinajstić information content (AvgIpc) is 3.21. The lowest BCUT2D eigenvalue weighted by Crippen LogP contribution is -2.50. The van der Waals surface area contributed by atoms with Crippen LogP contribution >= 0.6 is 23.4 Å². The molecule has 2 heterocycles. The van der Waals surface area contributed by atoms with Gasteiger partial charge in [-0.2, -0.15) is 0 Å². The summed E-state index contributed by atoms with van der Waals surface area (Å²) in [5, 5.41) is 0.553. The zero-order chi connectivity index (χ0) is 24.3. The Bertz CT molecular complexity index is 1300. The summed E-state index contributed by atoms with van der Waals surface area (Å²) in [5.74, 6) is -0.237. The molecule has 0 radical (unpaired) electrons. The third-order valence-electron chi connectivity index (χ3n) is 6.63. The van der Waals surface area contributed by atoms with Crippen LogP contribution in [0.15, 0.2) is 66.7 Å². The number of rotatable bonds is 3. The number of nitrogens with zero attached hydrogens (tertiary/aromatic N) is 2. The number of hydrogen-bond donors (Lipinski definition) is 0. The van der Waals surface area contributed by atoms with Crippen LogP contribution in [0.25, 0.3) is 0 Å². The molecule has 0 bridgehead atoms. The van der Waals surface area contributed by atoms with Crippen molar-refractivity contribution in [1.82, 2.24) is 4.90 Å². The van der Waals surface area contributed by atoms with Crippen molar-refractivity contribution in [3.63, 3.8) is 0 Å². The zero-order valence-corrected chi connectivity index (χ0v) is 21.3. The molecule has 34 heavy (non-hydrogen) atoms. The molecule has 0 saturated carbocycles. The predicted octanol–water partition coefficient (Wildman–Crippen LogP) is 6.32. The second kappa shape index (κ2) is 8.17. The highest BCUT2D eigenvalue weighted by Gasteiger charge is 2.63. The number of fused-ring (bicyclic) bond motifs is 2. The van der Waals surface area contributed by atoms with Crippen molar-refractivity contribution >= 4 is 40.9 Å². The highest BCUT2D eigenvalue weighted by Crippen LogP contribution is 2.60. The van der Waals surface area contributed by atoms with Crippen LogP contribution in [0.3, 0.4) is 0 Å². The van der Waals surface area contributed by atoms with Crippen molar-refractivity contribution in [1.29, 1.82) is 0 Å². The average molecular weight is 491 g/mol. The van der Waals surface area contributed by atoms with E-state index in [9.17, 15) is 9.59 Å². The topological polar surface area (TPSA) is 40.6 Å². The van der Waals surface area contributed by atoms with Gasteiger partial charge in [-0.25, -0.2) is 0 Å². The number of anilines is 1. The number of amides is 2. The molecule has 0 aliphatic carbocycles. The monoisotopic (exact) mass is 490 g/mol. The third-order valence-corrected chi connectivity index (χ3v) is 8.45. The van der Waals surface area contributed by atoms with Gasteiger partial charge in [-0.1, -0.05) is 53.6 Å². The zero-order valence-electron chi connectivity index (χ0n) is 19.8. The van der Waals surface area contributed by atoms with Gasteiger partial charge in [0.05, 0.1) is 12.2 Å². The number of benzene rings is 3. The molecule has 1 saturated heterocycles. The van der Waals surface area contributed by atoms with Crippen molar-refractivity contribution in [3.05, 3.63) is 99.6 Å². The molecule has 2 aliphatic heterocycles. The van der Waals surface area contributed by atoms with Gasteiger partial charge in [0.2, 0.25) is 0 Å². The lowest BCUT2D eigenvalue weighted by Gasteiger charge is -2.33. The molecule has 0 N–H and O–H groups in total. The lowest BCUT2D eigenvalue weighted by atomic mass is 10.0. The third kappa shape index (κ3) is 3.62. The molecule has 3 aromatic carbocycles. The summed E-state index contributed by atoms with van der Waals surface area (Å²) >= 11 is 8.00. The van der Waals surface area contributed by atoms with Gasteiger partial charge >= 0.3 is 0 Å². The van der Waals surface area contributed by atoms with E-state index in [0.717, 1.165) is 27.9 Å². The highest BCUT2D eigenvalue weighted by atomic mass is 35.5. The Hall–Kier alpha value is -2.76. The van der Waals surface area contributed by atoms with Gasteiger partial charge in [0, 0.05) is 27.4 Å². The Balaban J connectivity index is 1.66. The Labute approximate surface area is 209 Å². The molecular formula is C28H27ClN2O2S. The summed E-state index contributed by atoms with van der Waals surface area (Å²) < 4.78 is -0.311. The van der Waals surface area contributed by atoms with Gasteiger partial charge in [0.1, 0.15) is 0 Å². The standard InChI is InChI=1S/C28H27ClN2O2S/c1-18-9-11-20(12-10-18)25(32)31-17-27(3,4)34-28(31)23-15-22(29)13-14-24(23)30(26(28)33)16-21-8-6-5-7-19(21)2/h5-15H,16-17H2,1-4H3/t28-/m1/s1. The van der Waals surface area contributed by atoms with Crippen molar-refractivity contribution in [2.45, 2.75) is 43.9 Å². The second-order valence-electron chi connectivity index (χ2n) is 9.74. The van der Waals surface area contributed by atoms with E-state index in [4.69, 9.17) is 11.6 Å². The van der Waals surface area contributed by atoms with Gasteiger partial charge in [-0.05, 0) is 69.2 Å². The van der Waals surface area contributed by atoms with Gasteiger partial charge in [-0.3, -0.25) is 9.59 Å². The second-order valence-corrected chi connectivity index (χ2v) is 12.1. The molecule has 1 fully saturated rings. The molecule has 3 aromatic rings. The van der Waals surface area contributed by atoms with Gasteiger partial charge in [0.25, 0.3) is 11.8 Å². The maximum absolute atomic E-state index is 14.4. The van der Waals surface area contributed by atoms with Crippen molar-refractivity contribution in [3.8, 4) is 0 Å². The van der Waals surface area contributed by atoms with Crippen LogP contribution in [-0.2, 0) is 16.2 Å². The first kappa shape index (κ1) is 23.0. The van der Waals surface area contributed by atoms with Crippen LogP contribution in [0.5, 0.6) is 0 Å². The van der Waals surface area contributed by atoms with E-state index in [0.29, 0.717) is 23.7 Å². The molecule has 0 unspecified atom stereocenters. The molecule has 4 nitrogen and oxygen atoms in total. The van der Waals surface area contributed by atoms with Crippen molar-refractivity contribution < 1.29 is 9.59 Å². The maximum Gasteiger partial charge on any atom is 0.268 e. The summed E-state index contributed by atoms with van der Waals surface area (Å²) in [5.41, 5.74) is 5.46. The first-order valence-electron chi connectivity index (χ1n) is 11.4. The van der Waals surface area contributed by atoms with Gasteiger partial charge in [0.15, 0.2) is 4.87 Å².